The van der Waals surface area contributed by atoms with Gasteiger partial charge in [-0.3, -0.25) is 4.79 Å². The van der Waals surface area contributed by atoms with E-state index in [2.05, 4.69) is 10.3 Å². The Bertz CT molecular complexity index is 366. The normalized spacial score (nSPS) is 21.1. The summed E-state index contributed by atoms with van der Waals surface area (Å²) in [6, 6.07) is 0. The maximum Gasteiger partial charge on any atom is 0.289 e. The second kappa shape index (κ2) is 2.34. The van der Waals surface area contributed by atoms with E-state index in [-0.39, 0.29) is 5.91 Å². The first-order chi connectivity index (χ1) is 6.34. The molecule has 1 saturated carbocycles. The van der Waals surface area contributed by atoms with Gasteiger partial charge >= 0.3 is 0 Å². The summed E-state index contributed by atoms with van der Waals surface area (Å²) in [6.45, 7) is 0.683. The van der Waals surface area contributed by atoms with E-state index in [4.69, 9.17) is 4.42 Å². The highest BCUT2D eigenvalue weighted by atomic mass is 16.4. The second-order valence-corrected chi connectivity index (χ2v) is 3.61. The summed E-state index contributed by atoms with van der Waals surface area (Å²) in [5.41, 5.74) is 0.839. The Kier molecular flexibility index (Phi) is 1.28. The van der Waals surface area contributed by atoms with Crippen molar-refractivity contribution < 1.29 is 9.21 Å². The average molecular weight is 178 g/mol. The Morgan fingerprint density at radius 2 is 2.31 bits per heavy atom. The predicted octanol–water partition coefficient (Wildman–Crippen LogP) is 0.838. The lowest BCUT2D eigenvalue weighted by molar-refractivity contribution is 0.0914. The van der Waals surface area contributed by atoms with Crippen molar-refractivity contribution in [2.75, 3.05) is 6.54 Å². The summed E-state index contributed by atoms with van der Waals surface area (Å²) in [6.07, 6.45) is 3.11. The summed E-state index contributed by atoms with van der Waals surface area (Å²) < 4.78 is 5.42. The maximum absolute atomic E-state index is 11.3. The Morgan fingerprint density at radius 1 is 1.46 bits per heavy atom. The third-order valence-electron chi connectivity index (χ3n) is 2.49. The van der Waals surface area contributed by atoms with E-state index in [0.717, 1.165) is 30.8 Å². The average Bonchev–Trinajstić information content (AvgIpc) is 2.87. The van der Waals surface area contributed by atoms with Crippen LogP contribution in [0.3, 0.4) is 0 Å². The van der Waals surface area contributed by atoms with Gasteiger partial charge in [-0.15, -0.1) is 0 Å². The molecule has 1 fully saturated rings. The number of carbonyl (C=O) groups excluding carboxylic acids is 1. The van der Waals surface area contributed by atoms with Gasteiger partial charge in [0, 0.05) is 18.9 Å². The molecule has 1 amide bonds. The first-order valence-electron chi connectivity index (χ1n) is 4.62. The summed E-state index contributed by atoms with van der Waals surface area (Å²) in [4.78, 5) is 15.6. The van der Waals surface area contributed by atoms with Crippen LogP contribution in [0, 0.1) is 0 Å². The van der Waals surface area contributed by atoms with Crippen LogP contribution in [0.2, 0.25) is 0 Å². The third-order valence-corrected chi connectivity index (χ3v) is 2.49. The quantitative estimate of drug-likeness (QED) is 0.693. The zero-order valence-corrected chi connectivity index (χ0v) is 7.17. The number of hydrogen-bond acceptors (Lipinski definition) is 3. The molecule has 1 aromatic rings. The SMILES string of the molecule is O=C1NCCc2nc(C3CC3)oc21. The summed E-state index contributed by atoms with van der Waals surface area (Å²) in [5.74, 6) is 1.58. The number of carbonyl (C=O) groups is 1. The lowest BCUT2D eigenvalue weighted by atomic mass is 10.2. The van der Waals surface area contributed by atoms with E-state index < -0.39 is 0 Å². The van der Waals surface area contributed by atoms with Crippen LogP contribution in [-0.4, -0.2) is 17.4 Å². The number of amides is 1. The highest BCUT2D eigenvalue weighted by Gasteiger charge is 2.32. The van der Waals surface area contributed by atoms with E-state index in [1.165, 1.54) is 0 Å². The molecule has 0 radical (unpaired) electrons. The number of oxazole rings is 1. The van der Waals surface area contributed by atoms with Gasteiger partial charge in [0.2, 0.25) is 5.76 Å². The first-order valence-corrected chi connectivity index (χ1v) is 4.62. The number of hydrogen-bond donors (Lipinski definition) is 1. The van der Waals surface area contributed by atoms with Crippen LogP contribution in [0.1, 0.15) is 40.9 Å². The van der Waals surface area contributed by atoms with Crippen molar-refractivity contribution in [3.8, 4) is 0 Å². The zero-order chi connectivity index (χ0) is 8.84. The van der Waals surface area contributed by atoms with Crippen LogP contribution in [0.4, 0.5) is 0 Å². The van der Waals surface area contributed by atoms with Crippen molar-refractivity contribution in [2.45, 2.75) is 25.2 Å². The Hall–Kier alpha value is -1.32. The van der Waals surface area contributed by atoms with Gasteiger partial charge in [-0.1, -0.05) is 0 Å². The van der Waals surface area contributed by atoms with Crippen LogP contribution < -0.4 is 5.32 Å². The minimum atomic E-state index is -0.111. The number of fused-ring (bicyclic) bond motifs is 1. The minimum Gasteiger partial charge on any atom is -0.435 e. The first kappa shape index (κ1) is 7.12. The molecule has 1 aliphatic carbocycles. The molecule has 2 heterocycles. The lowest BCUT2D eigenvalue weighted by Crippen LogP contribution is -2.31. The fraction of sp³-hybridized carbons (Fsp3) is 0.556. The molecular weight excluding hydrogens is 168 g/mol. The number of nitrogens with one attached hydrogen (secondary N) is 1. The molecule has 0 aromatic carbocycles. The van der Waals surface area contributed by atoms with E-state index in [1.807, 2.05) is 0 Å². The highest BCUT2D eigenvalue weighted by molar-refractivity contribution is 5.93. The maximum atomic E-state index is 11.3. The van der Waals surface area contributed by atoms with Crippen LogP contribution in [-0.2, 0) is 6.42 Å². The van der Waals surface area contributed by atoms with Crippen molar-refractivity contribution >= 4 is 5.91 Å². The van der Waals surface area contributed by atoms with Crippen molar-refractivity contribution in [1.29, 1.82) is 0 Å². The molecule has 0 saturated heterocycles. The smallest absolute Gasteiger partial charge is 0.289 e. The minimum absolute atomic E-state index is 0.111. The molecule has 1 N–H and O–H groups in total. The monoisotopic (exact) mass is 178 g/mol. The van der Waals surface area contributed by atoms with Crippen molar-refractivity contribution in [2.24, 2.45) is 0 Å². The largest absolute Gasteiger partial charge is 0.435 e. The third kappa shape index (κ3) is 1.05. The van der Waals surface area contributed by atoms with Gasteiger partial charge in [-0.2, -0.15) is 0 Å². The second-order valence-electron chi connectivity index (χ2n) is 3.61. The number of aromatic nitrogens is 1. The molecule has 1 aromatic heterocycles. The van der Waals surface area contributed by atoms with Gasteiger partial charge < -0.3 is 9.73 Å². The fourth-order valence-corrected chi connectivity index (χ4v) is 1.60. The van der Waals surface area contributed by atoms with Crippen LogP contribution in [0.5, 0.6) is 0 Å². The summed E-state index contributed by atoms with van der Waals surface area (Å²) >= 11 is 0. The van der Waals surface area contributed by atoms with Crippen molar-refractivity contribution in [1.82, 2.24) is 10.3 Å². The topological polar surface area (TPSA) is 55.1 Å². The Balaban J connectivity index is 2.04. The molecule has 13 heavy (non-hydrogen) atoms. The van der Waals surface area contributed by atoms with Gasteiger partial charge in [-0.05, 0) is 12.8 Å². The number of nitrogens with zero attached hydrogens (tertiary/aromatic N) is 1. The molecule has 4 heteroatoms. The molecule has 4 nitrogen and oxygen atoms in total. The van der Waals surface area contributed by atoms with E-state index >= 15 is 0 Å². The standard InChI is InChI=1S/C9H10N2O2/c12-8-7-6(3-4-10-8)11-9(13-7)5-1-2-5/h5H,1-4H2,(H,10,12). The molecule has 1 aliphatic heterocycles. The van der Waals surface area contributed by atoms with Gasteiger partial charge in [0.25, 0.3) is 5.91 Å². The lowest BCUT2D eigenvalue weighted by Gasteiger charge is -2.07. The predicted molar refractivity (Wildman–Crippen MR) is 44.5 cm³/mol. The Labute approximate surface area is 75.3 Å². The van der Waals surface area contributed by atoms with E-state index in [9.17, 15) is 4.79 Å². The van der Waals surface area contributed by atoms with Gasteiger partial charge in [0.15, 0.2) is 5.89 Å². The molecule has 3 rings (SSSR count). The zero-order valence-electron chi connectivity index (χ0n) is 7.17. The molecule has 68 valence electrons. The van der Waals surface area contributed by atoms with Crippen LogP contribution in [0.25, 0.3) is 0 Å². The Morgan fingerprint density at radius 3 is 3.00 bits per heavy atom. The molecule has 0 unspecified atom stereocenters. The van der Waals surface area contributed by atoms with E-state index in [1.54, 1.807) is 0 Å². The molecule has 0 atom stereocenters. The van der Waals surface area contributed by atoms with Crippen molar-refractivity contribution in [3.05, 3.63) is 17.3 Å². The van der Waals surface area contributed by atoms with Gasteiger partial charge in [-0.25, -0.2) is 4.98 Å². The molecular formula is C9H10N2O2. The van der Waals surface area contributed by atoms with Crippen LogP contribution >= 0.6 is 0 Å². The fourth-order valence-electron chi connectivity index (χ4n) is 1.60. The summed E-state index contributed by atoms with van der Waals surface area (Å²) in [7, 11) is 0. The van der Waals surface area contributed by atoms with Gasteiger partial charge in [0.05, 0.1) is 5.69 Å². The van der Waals surface area contributed by atoms with Gasteiger partial charge in [0.1, 0.15) is 0 Å². The molecule has 0 bridgehead atoms. The number of rotatable bonds is 1. The van der Waals surface area contributed by atoms with Crippen molar-refractivity contribution in [3.63, 3.8) is 0 Å². The summed E-state index contributed by atoms with van der Waals surface area (Å²) in [5, 5.41) is 2.74. The molecule has 2 aliphatic rings. The highest BCUT2D eigenvalue weighted by Crippen LogP contribution is 2.40. The molecule has 0 spiro atoms. The van der Waals surface area contributed by atoms with E-state index in [0.29, 0.717) is 18.2 Å². The van der Waals surface area contributed by atoms with Crippen LogP contribution in [0.15, 0.2) is 4.42 Å².